The van der Waals surface area contributed by atoms with Crippen molar-refractivity contribution in [3.05, 3.63) is 89.0 Å². The fourth-order valence-electron chi connectivity index (χ4n) is 2.86. The normalized spacial score (nSPS) is 11.6. The molecule has 3 aromatic rings. The molecule has 11 heteroatoms. The fourth-order valence-corrected chi connectivity index (χ4v) is 5.08. The molecule has 0 radical (unpaired) electrons. The summed E-state index contributed by atoms with van der Waals surface area (Å²) in [4.78, 5) is 10.8. The van der Waals surface area contributed by atoms with Crippen LogP contribution in [0.4, 0.5) is 5.69 Å². The van der Waals surface area contributed by atoms with Gasteiger partial charge in [-0.05, 0) is 30.3 Å². The molecule has 0 aromatic heterocycles. The monoisotopic (exact) mass is 491 g/mol. The molecule has 33 heavy (non-hydrogen) atoms. The molecule has 9 nitrogen and oxygen atoms in total. The first kappa shape index (κ1) is 24.2. The van der Waals surface area contributed by atoms with Gasteiger partial charge in [0.15, 0.2) is 31.2 Å². The summed E-state index contributed by atoms with van der Waals surface area (Å²) < 4.78 is 60.6. The molecule has 0 N–H and O–H groups in total. The Hall–Kier alpha value is -3.44. The number of rotatable bonds is 11. The van der Waals surface area contributed by atoms with Gasteiger partial charge in [-0.1, -0.05) is 36.4 Å². The number of hydrogen-bond acceptors (Lipinski definition) is 8. The number of sulfone groups is 2. The van der Waals surface area contributed by atoms with Gasteiger partial charge in [0, 0.05) is 6.07 Å². The second-order valence-corrected chi connectivity index (χ2v) is 11.1. The summed E-state index contributed by atoms with van der Waals surface area (Å²) in [5.74, 6) is -0.664. The molecule has 3 rings (SSSR count). The van der Waals surface area contributed by atoms with Crippen LogP contribution in [0.25, 0.3) is 0 Å². The van der Waals surface area contributed by atoms with Crippen molar-refractivity contribution in [2.24, 2.45) is 0 Å². The minimum atomic E-state index is -3.62. The number of benzene rings is 3. The summed E-state index contributed by atoms with van der Waals surface area (Å²) in [6.07, 6.45) is 0. The Morgan fingerprint density at radius 3 is 1.58 bits per heavy atom. The lowest BCUT2D eigenvalue weighted by Gasteiger charge is -2.13. The molecule has 0 atom stereocenters. The van der Waals surface area contributed by atoms with E-state index in [1.807, 2.05) is 0 Å². The van der Waals surface area contributed by atoms with Crippen molar-refractivity contribution >= 4 is 25.4 Å². The Morgan fingerprint density at radius 1 is 0.667 bits per heavy atom. The fraction of sp³-hybridized carbons (Fsp3) is 0.182. The highest BCUT2D eigenvalue weighted by Gasteiger charge is 2.18. The molecule has 0 amide bonds. The standard InChI is InChI=1S/C22H21NO8S2/c24-23(25)18-11-12-21(30-13-15-32(26,27)19-7-3-1-4-8-19)22(17-18)31-14-16-33(28,29)20-9-5-2-6-10-20/h1-12,17H,13-16H2. The molecule has 174 valence electrons. The van der Waals surface area contributed by atoms with E-state index in [1.54, 1.807) is 36.4 Å². The third-order valence-electron chi connectivity index (χ3n) is 4.56. The van der Waals surface area contributed by atoms with E-state index in [0.29, 0.717) is 0 Å². The number of nitro benzene ring substituents is 1. The molecule has 0 saturated carbocycles. The van der Waals surface area contributed by atoms with Crippen LogP contribution < -0.4 is 9.47 Å². The Labute approximate surface area is 191 Å². The maximum atomic E-state index is 12.4. The Morgan fingerprint density at radius 2 is 1.12 bits per heavy atom. The summed E-state index contributed by atoms with van der Waals surface area (Å²) in [7, 11) is -7.20. The van der Waals surface area contributed by atoms with E-state index in [2.05, 4.69) is 0 Å². The zero-order valence-corrected chi connectivity index (χ0v) is 19.0. The average Bonchev–Trinajstić information content (AvgIpc) is 2.80. The molecule has 3 aromatic carbocycles. The van der Waals surface area contributed by atoms with Crippen molar-refractivity contribution in [2.75, 3.05) is 24.7 Å². The Kier molecular flexibility index (Phi) is 7.67. The van der Waals surface area contributed by atoms with Crippen molar-refractivity contribution < 1.29 is 31.2 Å². The first-order valence-corrected chi connectivity index (χ1v) is 13.1. The number of hydrogen-bond donors (Lipinski definition) is 0. The molecule has 0 fully saturated rings. The van der Waals surface area contributed by atoms with Crippen LogP contribution in [0, 0.1) is 10.1 Å². The van der Waals surface area contributed by atoms with Gasteiger partial charge < -0.3 is 9.47 Å². The first-order valence-electron chi connectivity index (χ1n) is 9.79. The summed E-state index contributed by atoms with van der Waals surface area (Å²) >= 11 is 0. The lowest BCUT2D eigenvalue weighted by molar-refractivity contribution is -0.385. The van der Waals surface area contributed by atoms with Gasteiger partial charge in [0.05, 0.1) is 32.3 Å². The maximum absolute atomic E-state index is 12.4. The Bertz CT molecular complexity index is 1310. The number of non-ortho nitro benzene ring substituents is 1. The van der Waals surface area contributed by atoms with E-state index in [4.69, 9.17) is 9.47 Å². The van der Waals surface area contributed by atoms with Crippen molar-refractivity contribution in [3.8, 4) is 11.5 Å². The van der Waals surface area contributed by atoms with Crippen LogP contribution in [0.1, 0.15) is 0 Å². The molecule has 0 aliphatic carbocycles. The van der Waals surface area contributed by atoms with Gasteiger partial charge in [0.2, 0.25) is 0 Å². The lowest BCUT2D eigenvalue weighted by Crippen LogP contribution is -2.16. The highest BCUT2D eigenvalue weighted by molar-refractivity contribution is 7.91. The van der Waals surface area contributed by atoms with Crippen LogP contribution in [-0.4, -0.2) is 46.5 Å². The van der Waals surface area contributed by atoms with Crippen LogP contribution >= 0.6 is 0 Å². The van der Waals surface area contributed by atoms with Gasteiger partial charge in [-0.15, -0.1) is 0 Å². The van der Waals surface area contributed by atoms with E-state index in [1.165, 1.54) is 36.4 Å². The number of nitrogens with zero attached hydrogens (tertiary/aromatic N) is 1. The van der Waals surface area contributed by atoms with Gasteiger partial charge >= 0.3 is 0 Å². The van der Waals surface area contributed by atoms with Crippen LogP contribution in [0.2, 0.25) is 0 Å². The van der Waals surface area contributed by atoms with E-state index in [0.717, 1.165) is 6.07 Å². The molecule has 0 aliphatic rings. The molecule has 0 unspecified atom stereocenters. The topological polar surface area (TPSA) is 130 Å². The molecular formula is C22H21NO8S2. The van der Waals surface area contributed by atoms with Crippen molar-refractivity contribution in [1.29, 1.82) is 0 Å². The van der Waals surface area contributed by atoms with Gasteiger partial charge in [0.25, 0.3) is 5.69 Å². The Balaban J connectivity index is 1.69. The molecular weight excluding hydrogens is 470 g/mol. The van der Waals surface area contributed by atoms with Crippen molar-refractivity contribution in [2.45, 2.75) is 9.79 Å². The summed E-state index contributed by atoms with van der Waals surface area (Å²) in [5.41, 5.74) is -0.278. The molecule has 0 bridgehead atoms. The van der Waals surface area contributed by atoms with E-state index in [9.17, 15) is 26.9 Å². The quantitative estimate of drug-likeness (QED) is 0.295. The van der Waals surface area contributed by atoms with Crippen LogP contribution in [0.5, 0.6) is 11.5 Å². The third-order valence-corrected chi connectivity index (χ3v) is 7.95. The van der Waals surface area contributed by atoms with Gasteiger partial charge in [-0.2, -0.15) is 0 Å². The number of ether oxygens (including phenoxy) is 2. The van der Waals surface area contributed by atoms with E-state index < -0.39 is 24.6 Å². The average molecular weight is 492 g/mol. The predicted molar refractivity (Wildman–Crippen MR) is 121 cm³/mol. The van der Waals surface area contributed by atoms with Gasteiger partial charge in [0.1, 0.15) is 13.2 Å². The SMILES string of the molecule is O=[N+]([O-])c1ccc(OCCS(=O)(=O)c2ccccc2)c(OCCS(=O)(=O)c2ccccc2)c1. The minimum absolute atomic E-state index is 0.0513. The maximum Gasteiger partial charge on any atom is 0.273 e. The smallest absolute Gasteiger partial charge is 0.273 e. The molecule has 0 heterocycles. The highest BCUT2D eigenvalue weighted by Crippen LogP contribution is 2.32. The first-order chi connectivity index (χ1) is 15.7. The van der Waals surface area contributed by atoms with E-state index >= 15 is 0 Å². The highest BCUT2D eigenvalue weighted by atomic mass is 32.2. The van der Waals surface area contributed by atoms with Crippen molar-refractivity contribution in [1.82, 2.24) is 0 Å². The van der Waals surface area contributed by atoms with Gasteiger partial charge in [-0.3, -0.25) is 10.1 Å². The van der Waals surface area contributed by atoms with Crippen LogP contribution in [-0.2, 0) is 19.7 Å². The number of nitro groups is 1. The minimum Gasteiger partial charge on any atom is -0.489 e. The largest absolute Gasteiger partial charge is 0.489 e. The second kappa shape index (κ2) is 10.5. The zero-order valence-electron chi connectivity index (χ0n) is 17.4. The molecule has 0 spiro atoms. The molecule has 0 aliphatic heterocycles. The summed E-state index contributed by atoms with van der Waals surface area (Å²) in [6.45, 7) is -0.509. The van der Waals surface area contributed by atoms with E-state index in [-0.39, 0.29) is 51.7 Å². The predicted octanol–water partition coefficient (Wildman–Crippen LogP) is 3.30. The lowest BCUT2D eigenvalue weighted by atomic mass is 10.3. The van der Waals surface area contributed by atoms with Crippen LogP contribution in [0.15, 0.2) is 88.7 Å². The zero-order chi connectivity index (χ0) is 23.9. The second-order valence-electron chi connectivity index (χ2n) is 6.85. The third kappa shape index (κ3) is 6.53. The summed E-state index contributed by atoms with van der Waals surface area (Å²) in [6, 6.07) is 19.3. The van der Waals surface area contributed by atoms with Crippen LogP contribution in [0.3, 0.4) is 0 Å². The van der Waals surface area contributed by atoms with Crippen molar-refractivity contribution in [3.63, 3.8) is 0 Å². The summed E-state index contributed by atoms with van der Waals surface area (Å²) in [5, 5.41) is 11.1. The molecule has 0 saturated heterocycles. The van der Waals surface area contributed by atoms with Gasteiger partial charge in [-0.25, -0.2) is 16.8 Å².